The van der Waals surface area contributed by atoms with Crippen molar-refractivity contribution in [3.63, 3.8) is 0 Å². The van der Waals surface area contributed by atoms with Crippen LogP contribution in [-0.2, 0) is 20.0 Å². The number of halogens is 1. The number of nitrogens with zero attached hydrogens (tertiary/aromatic N) is 2. The van der Waals surface area contributed by atoms with Crippen molar-refractivity contribution in [2.24, 2.45) is 0 Å². The largest absolute Gasteiger partial charge is 0.338 e. The highest BCUT2D eigenvalue weighted by atomic mass is 32.2. The summed E-state index contributed by atoms with van der Waals surface area (Å²) in [6.45, 7) is 0. The standard InChI is InChI=1S/C11H10FN3O5S2/c1-21(16,17)9-6-13-11(12)15-10(9)14-7-4-2-3-5-8(7)22(18,19)20/h2-6H,1H3,(H,13,14,15)(H,18,19,20). The van der Waals surface area contributed by atoms with Gasteiger partial charge >= 0.3 is 6.08 Å². The van der Waals surface area contributed by atoms with E-state index in [1.165, 1.54) is 18.2 Å². The summed E-state index contributed by atoms with van der Waals surface area (Å²) in [4.78, 5) is 5.54. The van der Waals surface area contributed by atoms with E-state index in [1.54, 1.807) is 0 Å². The van der Waals surface area contributed by atoms with Crippen LogP contribution in [0.4, 0.5) is 15.9 Å². The van der Waals surface area contributed by atoms with Crippen molar-refractivity contribution >= 4 is 31.5 Å². The molecule has 2 rings (SSSR count). The first-order chi connectivity index (χ1) is 10.1. The molecule has 0 aliphatic heterocycles. The molecule has 8 nitrogen and oxygen atoms in total. The van der Waals surface area contributed by atoms with Crippen LogP contribution in [-0.4, -0.2) is 37.6 Å². The maximum Gasteiger partial charge on any atom is 0.310 e. The van der Waals surface area contributed by atoms with Crippen molar-refractivity contribution in [2.45, 2.75) is 9.79 Å². The molecule has 22 heavy (non-hydrogen) atoms. The highest BCUT2D eigenvalue weighted by Gasteiger charge is 2.20. The third-order valence-electron chi connectivity index (χ3n) is 2.54. The van der Waals surface area contributed by atoms with Crippen LogP contribution in [0.5, 0.6) is 0 Å². The zero-order valence-electron chi connectivity index (χ0n) is 11.1. The summed E-state index contributed by atoms with van der Waals surface area (Å²) >= 11 is 0. The zero-order chi connectivity index (χ0) is 16.5. The normalized spacial score (nSPS) is 12.1. The Morgan fingerprint density at radius 3 is 2.36 bits per heavy atom. The summed E-state index contributed by atoms with van der Waals surface area (Å²) in [7, 11) is -8.35. The van der Waals surface area contributed by atoms with Gasteiger partial charge in [0.2, 0.25) is 0 Å². The molecule has 0 saturated carbocycles. The molecule has 1 aromatic heterocycles. The van der Waals surface area contributed by atoms with Gasteiger partial charge in [0.15, 0.2) is 15.7 Å². The Balaban J connectivity index is 2.61. The highest BCUT2D eigenvalue weighted by Crippen LogP contribution is 2.27. The number of para-hydroxylation sites is 1. The SMILES string of the molecule is CS(=O)(=O)c1cnc(F)nc1Nc1ccccc1S(=O)(=O)O. The molecular weight excluding hydrogens is 337 g/mol. The summed E-state index contributed by atoms with van der Waals surface area (Å²) < 4.78 is 68.1. The fourth-order valence-corrected chi connectivity index (χ4v) is 2.97. The summed E-state index contributed by atoms with van der Waals surface area (Å²) in [5, 5.41) is 2.39. The lowest BCUT2D eigenvalue weighted by Gasteiger charge is -2.11. The van der Waals surface area contributed by atoms with Crippen LogP contribution >= 0.6 is 0 Å². The van der Waals surface area contributed by atoms with Crippen molar-refractivity contribution in [3.05, 3.63) is 36.5 Å². The van der Waals surface area contributed by atoms with E-state index in [2.05, 4.69) is 15.3 Å². The second-order valence-corrected chi connectivity index (χ2v) is 7.59. The van der Waals surface area contributed by atoms with Crippen LogP contribution in [0.2, 0.25) is 0 Å². The second kappa shape index (κ2) is 5.59. The average molecular weight is 347 g/mol. The van der Waals surface area contributed by atoms with E-state index in [0.29, 0.717) is 0 Å². The van der Waals surface area contributed by atoms with Crippen LogP contribution in [0, 0.1) is 6.08 Å². The topological polar surface area (TPSA) is 126 Å². The number of rotatable bonds is 4. The Morgan fingerprint density at radius 1 is 1.14 bits per heavy atom. The maximum atomic E-state index is 13.1. The Kier molecular flexibility index (Phi) is 4.13. The molecule has 0 atom stereocenters. The second-order valence-electron chi connectivity index (χ2n) is 4.22. The Bertz CT molecular complexity index is 928. The third-order valence-corrected chi connectivity index (χ3v) is 4.55. The molecular formula is C11H10FN3O5S2. The lowest BCUT2D eigenvalue weighted by Crippen LogP contribution is -2.09. The van der Waals surface area contributed by atoms with Crippen molar-refractivity contribution in [1.82, 2.24) is 9.97 Å². The van der Waals surface area contributed by atoms with Crippen LogP contribution in [0.3, 0.4) is 0 Å². The molecule has 0 radical (unpaired) electrons. The number of hydrogen-bond acceptors (Lipinski definition) is 7. The molecule has 0 aliphatic rings. The fourth-order valence-electron chi connectivity index (χ4n) is 1.63. The predicted molar refractivity (Wildman–Crippen MR) is 74.6 cm³/mol. The highest BCUT2D eigenvalue weighted by molar-refractivity contribution is 7.90. The molecule has 118 valence electrons. The fraction of sp³-hybridized carbons (Fsp3) is 0.0909. The van der Waals surface area contributed by atoms with Crippen LogP contribution in [0.25, 0.3) is 0 Å². The minimum atomic E-state index is -4.56. The van der Waals surface area contributed by atoms with Crippen LogP contribution in [0.15, 0.2) is 40.3 Å². The number of aromatic nitrogens is 2. The molecule has 11 heteroatoms. The van der Waals surface area contributed by atoms with Crippen molar-refractivity contribution in [3.8, 4) is 0 Å². The number of sulfone groups is 1. The monoisotopic (exact) mass is 347 g/mol. The van der Waals surface area contributed by atoms with Crippen molar-refractivity contribution < 1.29 is 25.8 Å². The first kappa shape index (κ1) is 16.3. The van der Waals surface area contributed by atoms with Crippen LogP contribution < -0.4 is 5.32 Å². The molecule has 0 saturated heterocycles. The number of hydrogen-bond donors (Lipinski definition) is 2. The Hall–Kier alpha value is -2.11. The van der Waals surface area contributed by atoms with Gasteiger partial charge in [-0.25, -0.2) is 13.4 Å². The van der Waals surface area contributed by atoms with Gasteiger partial charge in [-0.15, -0.1) is 0 Å². The predicted octanol–water partition coefficient (Wildman–Crippen LogP) is 1.01. The van der Waals surface area contributed by atoms with E-state index in [-0.39, 0.29) is 5.69 Å². The first-order valence-electron chi connectivity index (χ1n) is 5.65. The summed E-state index contributed by atoms with van der Waals surface area (Å²) in [6, 6.07) is 5.14. The molecule has 1 aromatic carbocycles. The molecule has 0 unspecified atom stereocenters. The van der Waals surface area contributed by atoms with Gasteiger partial charge in [0.1, 0.15) is 9.79 Å². The molecule has 2 N–H and O–H groups in total. The van der Waals surface area contributed by atoms with Gasteiger partial charge < -0.3 is 5.32 Å². The van der Waals surface area contributed by atoms with E-state index in [1.807, 2.05) is 0 Å². The van der Waals surface area contributed by atoms with E-state index in [9.17, 15) is 21.2 Å². The molecule has 1 heterocycles. The molecule has 0 spiro atoms. The van der Waals surface area contributed by atoms with Gasteiger partial charge in [0.25, 0.3) is 10.1 Å². The third kappa shape index (κ3) is 3.55. The molecule has 0 bridgehead atoms. The zero-order valence-corrected chi connectivity index (χ0v) is 12.7. The number of benzene rings is 1. The average Bonchev–Trinajstić information content (AvgIpc) is 2.36. The molecule has 0 fully saturated rings. The van der Waals surface area contributed by atoms with Crippen molar-refractivity contribution in [2.75, 3.05) is 11.6 Å². The number of nitrogens with one attached hydrogen (secondary N) is 1. The quantitative estimate of drug-likeness (QED) is 0.620. The van der Waals surface area contributed by atoms with E-state index in [0.717, 1.165) is 18.5 Å². The van der Waals surface area contributed by atoms with Crippen molar-refractivity contribution in [1.29, 1.82) is 0 Å². The molecule has 0 aliphatic carbocycles. The van der Waals surface area contributed by atoms with Gasteiger partial charge in [-0.1, -0.05) is 12.1 Å². The van der Waals surface area contributed by atoms with Gasteiger partial charge in [0.05, 0.1) is 11.9 Å². The van der Waals surface area contributed by atoms with E-state index >= 15 is 0 Å². The minimum Gasteiger partial charge on any atom is -0.338 e. The lowest BCUT2D eigenvalue weighted by atomic mass is 10.3. The van der Waals surface area contributed by atoms with Gasteiger partial charge in [0, 0.05) is 6.26 Å². The summed E-state index contributed by atoms with van der Waals surface area (Å²) in [6.07, 6.45) is 0.429. The van der Waals surface area contributed by atoms with E-state index in [4.69, 9.17) is 4.55 Å². The van der Waals surface area contributed by atoms with Gasteiger partial charge in [-0.05, 0) is 12.1 Å². The van der Waals surface area contributed by atoms with E-state index < -0.39 is 41.6 Å². The molecule has 0 amide bonds. The lowest BCUT2D eigenvalue weighted by molar-refractivity contribution is 0.483. The Morgan fingerprint density at radius 2 is 1.77 bits per heavy atom. The summed E-state index contributed by atoms with van der Waals surface area (Å²) in [5.74, 6) is -0.439. The molecule has 2 aromatic rings. The van der Waals surface area contributed by atoms with Crippen LogP contribution in [0.1, 0.15) is 0 Å². The maximum absolute atomic E-state index is 13.1. The smallest absolute Gasteiger partial charge is 0.310 e. The Labute approximate surface area is 125 Å². The minimum absolute atomic E-state index is 0.159. The van der Waals surface area contributed by atoms with Gasteiger partial charge in [-0.3, -0.25) is 4.55 Å². The first-order valence-corrected chi connectivity index (χ1v) is 8.98. The number of anilines is 2. The summed E-state index contributed by atoms with van der Waals surface area (Å²) in [5.41, 5.74) is -0.159. The van der Waals surface area contributed by atoms with Gasteiger partial charge in [-0.2, -0.15) is 17.8 Å².